The highest BCUT2D eigenvalue weighted by Gasteiger charge is 2.07. The van der Waals surface area contributed by atoms with Crippen molar-refractivity contribution in [3.05, 3.63) is 46.7 Å². The van der Waals surface area contributed by atoms with E-state index in [4.69, 9.17) is 4.74 Å². The molecule has 0 radical (unpaired) electrons. The molecule has 112 valence electrons. The Hall–Kier alpha value is -2.18. The van der Waals surface area contributed by atoms with Crippen molar-refractivity contribution in [2.45, 2.75) is 6.92 Å². The Morgan fingerprint density at radius 2 is 2.32 bits per heavy atom. The monoisotopic (exact) mass is 330 g/mol. The smallest absolute Gasteiger partial charge is 0.250 e. The van der Waals surface area contributed by atoms with Crippen molar-refractivity contribution in [2.75, 3.05) is 11.9 Å². The standard InChI is InChI=1S/C16H14N2O2S2/c1-2-20-11-5-7-13-14(10-11)22-16(17-13)18-15(19)8-6-12-4-3-9-21-12/h3-10H,2H2,1H3,(H,17,18,19)/b8-6+. The molecule has 0 aliphatic carbocycles. The third-order valence-electron chi connectivity index (χ3n) is 2.84. The number of rotatable bonds is 5. The highest BCUT2D eigenvalue weighted by molar-refractivity contribution is 7.22. The zero-order valence-corrected chi connectivity index (χ0v) is 13.5. The molecule has 0 fully saturated rings. The number of fused-ring (bicyclic) bond motifs is 1. The number of aromatic nitrogens is 1. The Balaban J connectivity index is 1.72. The molecule has 0 aliphatic rings. The van der Waals surface area contributed by atoms with Crippen molar-refractivity contribution in [1.82, 2.24) is 4.98 Å². The number of carbonyl (C=O) groups excluding carboxylic acids is 1. The quantitative estimate of drug-likeness (QED) is 0.705. The Morgan fingerprint density at radius 1 is 1.41 bits per heavy atom. The van der Waals surface area contributed by atoms with E-state index in [0.29, 0.717) is 11.7 Å². The highest BCUT2D eigenvalue weighted by atomic mass is 32.1. The minimum Gasteiger partial charge on any atom is -0.494 e. The number of anilines is 1. The van der Waals surface area contributed by atoms with Crippen LogP contribution in [-0.2, 0) is 4.79 Å². The maximum absolute atomic E-state index is 11.9. The number of hydrogen-bond acceptors (Lipinski definition) is 5. The molecule has 0 atom stereocenters. The van der Waals surface area contributed by atoms with E-state index in [9.17, 15) is 4.79 Å². The normalized spacial score (nSPS) is 11.1. The predicted octanol–water partition coefficient (Wildman–Crippen LogP) is 4.41. The lowest BCUT2D eigenvalue weighted by Crippen LogP contribution is -2.06. The predicted molar refractivity (Wildman–Crippen MR) is 92.8 cm³/mol. The number of ether oxygens (including phenoxy) is 1. The van der Waals surface area contributed by atoms with Crippen LogP contribution in [0.4, 0.5) is 5.13 Å². The van der Waals surface area contributed by atoms with Crippen molar-refractivity contribution in [2.24, 2.45) is 0 Å². The van der Waals surface area contributed by atoms with Crippen LogP contribution in [-0.4, -0.2) is 17.5 Å². The lowest BCUT2D eigenvalue weighted by atomic mass is 10.3. The largest absolute Gasteiger partial charge is 0.494 e. The van der Waals surface area contributed by atoms with Crippen LogP contribution >= 0.6 is 22.7 Å². The lowest BCUT2D eigenvalue weighted by Gasteiger charge is -2.00. The summed E-state index contributed by atoms with van der Waals surface area (Å²) in [7, 11) is 0. The molecular weight excluding hydrogens is 316 g/mol. The van der Waals surface area contributed by atoms with Gasteiger partial charge in [-0.25, -0.2) is 4.98 Å². The number of carbonyl (C=O) groups is 1. The minimum atomic E-state index is -0.183. The summed E-state index contributed by atoms with van der Waals surface area (Å²) in [5.74, 6) is 0.631. The van der Waals surface area contributed by atoms with Crippen molar-refractivity contribution < 1.29 is 9.53 Å². The molecule has 6 heteroatoms. The van der Waals surface area contributed by atoms with E-state index < -0.39 is 0 Å². The van der Waals surface area contributed by atoms with Gasteiger partial charge in [0, 0.05) is 11.0 Å². The fraction of sp³-hybridized carbons (Fsp3) is 0.125. The van der Waals surface area contributed by atoms with Crippen LogP contribution in [0.25, 0.3) is 16.3 Å². The third kappa shape index (κ3) is 3.52. The van der Waals surface area contributed by atoms with E-state index in [2.05, 4.69) is 10.3 Å². The number of hydrogen-bond donors (Lipinski definition) is 1. The van der Waals surface area contributed by atoms with Crippen LogP contribution in [0.5, 0.6) is 5.75 Å². The molecule has 1 N–H and O–H groups in total. The first-order chi connectivity index (χ1) is 10.7. The van der Waals surface area contributed by atoms with E-state index in [1.807, 2.05) is 42.6 Å². The van der Waals surface area contributed by atoms with Gasteiger partial charge in [0.05, 0.1) is 16.8 Å². The topological polar surface area (TPSA) is 51.2 Å². The molecule has 0 saturated carbocycles. The summed E-state index contributed by atoms with van der Waals surface area (Å²) in [5.41, 5.74) is 0.853. The number of benzene rings is 1. The molecule has 0 unspecified atom stereocenters. The van der Waals surface area contributed by atoms with E-state index in [1.54, 1.807) is 17.4 Å². The maximum Gasteiger partial charge on any atom is 0.250 e. The lowest BCUT2D eigenvalue weighted by molar-refractivity contribution is -0.111. The first-order valence-corrected chi connectivity index (χ1v) is 8.50. The molecule has 0 spiro atoms. The summed E-state index contributed by atoms with van der Waals surface area (Å²) in [6, 6.07) is 9.63. The van der Waals surface area contributed by atoms with Gasteiger partial charge in [-0.3, -0.25) is 10.1 Å². The number of amides is 1. The fourth-order valence-corrected chi connectivity index (χ4v) is 3.42. The van der Waals surface area contributed by atoms with Gasteiger partial charge in [-0.2, -0.15) is 0 Å². The Bertz CT molecular complexity index is 807. The van der Waals surface area contributed by atoms with Gasteiger partial charge in [0.1, 0.15) is 5.75 Å². The van der Waals surface area contributed by atoms with Gasteiger partial charge in [-0.1, -0.05) is 17.4 Å². The van der Waals surface area contributed by atoms with Gasteiger partial charge in [-0.15, -0.1) is 11.3 Å². The molecule has 1 amide bonds. The van der Waals surface area contributed by atoms with Crippen LogP contribution in [0.1, 0.15) is 11.8 Å². The number of nitrogens with one attached hydrogen (secondary N) is 1. The summed E-state index contributed by atoms with van der Waals surface area (Å²) in [5, 5.41) is 5.35. The summed E-state index contributed by atoms with van der Waals surface area (Å²) in [6.07, 6.45) is 3.31. The molecule has 1 aromatic carbocycles. The van der Waals surface area contributed by atoms with Gasteiger partial charge < -0.3 is 4.74 Å². The Kier molecular flexibility index (Phi) is 4.50. The SMILES string of the molecule is CCOc1ccc2nc(NC(=O)/C=C/c3cccs3)sc2c1. The minimum absolute atomic E-state index is 0.183. The summed E-state index contributed by atoms with van der Waals surface area (Å²) >= 11 is 3.02. The average molecular weight is 330 g/mol. The van der Waals surface area contributed by atoms with Crippen LogP contribution in [0.3, 0.4) is 0 Å². The summed E-state index contributed by atoms with van der Waals surface area (Å²) in [4.78, 5) is 17.3. The van der Waals surface area contributed by atoms with Crippen molar-refractivity contribution >= 4 is 50.0 Å². The van der Waals surface area contributed by atoms with Crippen LogP contribution in [0.2, 0.25) is 0 Å². The zero-order chi connectivity index (χ0) is 15.4. The van der Waals surface area contributed by atoms with Gasteiger partial charge in [0.2, 0.25) is 5.91 Å². The third-order valence-corrected chi connectivity index (χ3v) is 4.61. The second-order valence-corrected chi connectivity index (χ2v) is 6.43. The first kappa shape index (κ1) is 14.7. The molecule has 4 nitrogen and oxygen atoms in total. The maximum atomic E-state index is 11.9. The second kappa shape index (κ2) is 6.72. The molecule has 2 heterocycles. The van der Waals surface area contributed by atoms with Gasteiger partial charge in [0.15, 0.2) is 5.13 Å². The number of thiophene rings is 1. The highest BCUT2D eigenvalue weighted by Crippen LogP contribution is 2.29. The number of thiazole rings is 1. The molecule has 0 saturated heterocycles. The Morgan fingerprint density at radius 3 is 3.09 bits per heavy atom. The molecular formula is C16H14N2O2S2. The van der Waals surface area contributed by atoms with Gasteiger partial charge >= 0.3 is 0 Å². The molecule has 22 heavy (non-hydrogen) atoms. The van der Waals surface area contributed by atoms with E-state index in [-0.39, 0.29) is 5.91 Å². The van der Waals surface area contributed by atoms with Crippen molar-refractivity contribution in [3.8, 4) is 5.75 Å². The van der Waals surface area contributed by atoms with Gasteiger partial charge in [-0.05, 0) is 42.6 Å². The average Bonchev–Trinajstić information content (AvgIpc) is 3.13. The van der Waals surface area contributed by atoms with Crippen LogP contribution in [0.15, 0.2) is 41.8 Å². The molecule has 0 aliphatic heterocycles. The second-order valence-electron chi connectivity index (χ2n) is 4.42. The van der Waals surface area contributed by atoms with E-state index >= 15 is 0 Å². The zero-order valence-electron chi connectivity index (χ0n) is 11.9. The van der Waals surface area contributed by atoms with E-state index in [0.717, 1.165) is 20.8 Å². The number of nitrogens with zero attached hydrogens (tertiary/aromatic N) is 1. The summed E-state index contributed by atoms with van der Waals surface area (Å²) < 4.78 is 6.46. The molecule has 3 aromatic rings. The van der Waals surface area contributed by atoms with E-state index in [1.165, 1.54) is 17.4 Å². The summed E-state index contributed by atoms with van der Waals surface area (Å²) in [6.45, 7) is 2.57. The first-order valence-electron chi connectivity index (χ1n) is 6.80. The molecule has 0 bridgehead atoms. The molecule has 2 aromatic heterocycles. The fourth-order valence-electron chi connectivity index (χ4n) is 1.91. The van der Waals surface area contributed by atoms with Gasteiger partial charge in [0.25, 0.3) is 0 Å². The van der Waals surface area contributed by atoms with Crippen molar-refractivity contribution in [1.29, 1.82) is 0 Å². The van der Waals surface area contributed by atoms with Crippen molar-refractivity contribution in [3.63, 3.8) is 0 Å². The van der Waals surface area contributed by atoms with Crippen LogP contribution < -0.4 is 10.1 Å². The van der Waals surface area contributed by atoms with Crippen LogP contribution in [0, 0.1) is 0 Å². The Labute approximate surface area is 136 Å². The molecule has 3 rings (SSSR count).